The van der Waals surface area contributed by atoms with Gasteiger partial charge in [-0.25, -0.2) is 4.79 Å². The third kappa shape index (κ3) is 4.21. The number of carbonyl (C=O) groups is 1. The van der Waals surface area contributed by atoms with Gasteiger partial charge >= 0.3 is 6.03 Å². The Morgan fingerprint density at radius 3 is 3.20 bits per heavy atom. The summed E-state index contributed by atoms with van der Waals surface area (Å²) in [4.78, 5) is 11.8. The minimum absolute atomic E-state index is 0.143. The normalized spacial score (nSPS) is 18.2. The van der Waals surface area contributed by atoms with Gasteiger partial charge in [0.2, 0.25) is 0 Å². The van der Waals surface area contributed by atoms with Crippen molar-refractivity contribution < 1.29 is 14.3 Å². The number of methoxy groups -OCH3 is 1. The summed E-state index contributed by atoms with van der Waals surface area (Å²) in [5.41, 5.74) is 0.892. The predicted molar refractivity (Wildman–Crippen MR) is 74.8 cm³/mol. The van der Waals surface area contributed by atoms with E-state index in [2.05, 4.69) is 15.7 Å². The lowest BCUT2D eigenvalue weighted by molar-refractivity contribution is 0.112. The van der Waals surface area contributed by atoms with Crippen molar-refractivity contribution in [1.82, 2.24) is 15.1 Å². The molecule has 2 rings (SSSR count). The van der Waals surface area contributed by atoms with Crippen LogP contribution in [0.4, 0.5) is 10.6 Å². The molecule has 112 valence electrons. The van der Waals surface area contributed by atoms with Crippen molar-refractivity contribution >= 4 is 11.8 Å². The van der Waals surface area contributed by atoms with E-state index in [1.165, 1.54) is 0 Å². The monoisotopic (exact) mass is 282 g/mol. The summed E-state index contributed by atoms with van der Waals surface area (Å²) in [6, 6.07) is 1.62. The first kappa shape index (κ1) is 14.8. The van der Waals surface area contributed by atoms with Crippen molar-refractivity contribution in [2.75, 3.05) is 32.2 Å². The van der Waals surface area contributed by atoms with Crippen LogP contribution in [0.2, 0.25) is 0 Å². The van der Waals surface area contributed by atoms with E-state index in [9.17, 15) is 4.79 Å². The topological polar surface area (TPSA) is 77.4 Å². The fourth-order valence-corrected chi connectivity index (χ4v) is 2.14. The molecule has 0 bridgehead atoms. The van der Waals surface area contributed by atoms with Gasteiger partial charge < -0.3 is 14.8 Å². The van der Waals surface area contributed by atoms with E-state index in [4.69, 9.17) is 9.47 Å². The van der Waals surface area contributed by atoms with Crippen LogP contribution in [0, 0.1) is 0 Å². The molecule has 0 unspecified atom stereocenters. The van der Waals surface area contributed by atoms with Gasteiger partial charge in [-0.05, 0) is 12.8 Å². The molecule has 0 spiro atoms. The fraction of sp³-hybridized carbons (Fsp3) is 0.692. The molecule has 1 aromatic rings. The van der Waals surface area contributed by atoms with Crippen molar-refractivity contribution in [3.63, 3.8) is 0 Å². The number of aromatic nitrogens is 2. The maximum absolute atomic E-state index is 11.8. The molecule has 0 aliphatic carbocycles. The lowest BCUT2D eigenvalue weighted by Crippen LogP contribution is -2.35. The van der Waals surface area contributed by atoms with E-state index in [1.807, 2.05) is 6.07 Å². The van der Waals surface area contributed by atoms with Crippen molar-refractivity contribution in [2.45, 2.75) is 25.4 Å². The summed E-state index contributed by atoms with van der Waals surface area (Å²) in [7, 11) is 3.45. The Bertz CT molecular complexity index is 441. The maximum atomic E-state index is 11.8. The first-order chi connectivity index (χ1) is 9.69. The fourth-order valence-electron chi connectivity index (χ4n) is 2.14. The van der Waals surface area contributed by atoms with Crippen LogP contribution in [-0.2, 0) is 22.9 Å². The number of nitrogens with one attached hydrogen (secondary N) is 2. The van der Waals surface area contributed by atoms with Crippen LogP contribution < -0.4 is 10.6 Å². The number of carbonyl (C=O) groups excluding carboxylic acids is 1. The van der Waals surface area contributed by atoms with Gasteiger partial charge in [0.1, 0.15) is 5.82 Å². The minimum atomic E-state index is -0.234. The molecule has 1 atom stereocenters. The van der Waals surface area contributed by atoms with Gasteiger partial charge in [0, 0.05) is 39.8 Å². The van der Waals surface area contributed by atoms with Crippen molar-refractivity contribution in [3.05, 3.63) is 11.8 Å². The van der Waals surface area contributed by atoms with E-state index >= 15 is 0 Å². The first-order valence-electron chi connectivity index (χ1n) is 6.87. The highest BCUT2D eigenvalue weighted by Crippen LogP contribution is 2.11. The van der Waals surface area contributed by atoms with Crippen molar-refractivity contribution in [3.8, 4) is 0 Å². The molecule has 1 saturated heterocycles. The number of urea groups is 1. The zero-order valence-electron chi connectivity index (χ0n) is 12.0. The molecule has 7 heteroatoms. The van der Waals surface area contributed by atoms with Crippen LogP contribution in [-0.4, -0.2) is 48.8 Å². The van der Waals surface area contributed by atoms with Crippen molar-refractivity contribution in [2.24, 2.45) is 7.05 Å². The Kier molecular flexibility index (Phi) is 5.37. The molecular weight excluding hydrogens is 260 g/mol. The summed E-state index contributed by atoms with van der Waals surface area (Å²) in [6.07, 6.45) is 2.94. The van der Waals surface area contributed by atoms with Crippen LogP contribution in [0.3, 0.4) is 0 Å². The predicted octanol–water partition coefficient (Wildman–Crippen LogP) is 0.909. The van der Waals surface area contributed by atoms with Crippen molar-refractivity contribution in [1.29, 1.82) is 0 Å². The molecule has 2 heterocycles. The molecular formula is C13H22N4O3. The lowest BCUT2D eigenvalue weighted by Gasteiger charge is -2.11. The van der Waals surface area contributed by atoms with Gasteiger partial charge in [-0.2, -0.15) is 5.10 Å². The van der Waals surface area contributed by atoms with Crippen LogP contribution >= 0.6 is 0 Å². The largest absolute Gasteiger partial charge is 0.384 e. The zero-order valence-corrected chi connectivity index (χ0v) is 12.0. The maximum Gasteiger partial charge on any atom is 0.320 e. The van der Waals surface area contributed by atoms with E-state index < -0.39 is 0 Å². The number of amides is 2. The summed E-state index contributed by atoms with van der Waals surface area (Å²) in [5, 5.41) is 9.91. The van der Waals surface area contributed by atoms with E-state index in [-0.39, 0.29) is 12.1 Å². The smallest absolute Gasteiger partial charge is 0.320 e. The summed E-state index contributed by atoms with van der Waals surface area (Å²) >= 11 is 0. The second-order valence-electron chi connectivity index (χ2n) is 4.86. The van der Waals surface area contributed by atoms with Gasteiger partial charge in [-0.1, -0.05) is 0 Å². The Hall–Kier alpha value is -1.60. The van der Waals surface area contributed by atoms with E-state index in [1.54, 1.807) is 18.8 Å². The van der Waals surface area contributed by atoms with Crippen LogP contribution in [0.25, 0.3) is 0 Å². The second-order valence-corrected chi connectivity index (χ2v) is 4.86. The number of rotatable bonds is 6. The number of hydrogen-bond acceptors (Lipinski definition) is 4. The summed E-state index contributed by atoms with van der Waals surface area (Å²) in [6.45, 7) is 1.94. The molecule has 1 aromatic heterocycles. The molecule has 0 aromatic carbocycles. The molecule has 1 fully saturated rings. The molecule has 2 N–H and O–H groups in total. The van der Waals surface area contributed by atoms with Gasteiger partial charge in [0.15, 0.2) is 0 Å². The number of nitrogens with zero attached hydrogens (tertiary/aromatic N) is 2. The van der Waals surface area contributed by atoms with Gasteiger partial charge in [0.05, 0.1) is 18.4 Å². The third-order valence-electron chi connectivity index (χ3n) is 3.25. The summed E-state index contributed by atoms with van der Waals surface area (Å²) < 4.78 is 12.1. The molecule has 20 heavy (non-hydrogen) atoms. The molecule has 7 nitrogen and oxygen atoms in total. The van der Waals surface area contributed by atoms with Crippen LogP contribution in [0.1, 0.15) is 18.5 Å². The standard InChI is InChI=1S/C13H22N4O3/c1-17-12(8-10(16-17)5-7-19-2)15-13(18)14-9-11-4-3-6-20-11/h8,11H,3-7,9H2,1-2H3,(H2,14,15,18)/t11-/m1/s1. The average Bonchev–Trinajstić information content (AvgIpc) is 3.05. The Labute approximate surface area is 118 Å². The highest BCUT2D eigenvalue weighted by Gasteiger charge is 2.16. The highest BCUT2D eigenvalue weighted by atomic mass is 16.5. The Morgan fingerprint density at radius 2 is 2.50 bits per heavy atom. The number of ether oxygens (including phenoxy) is 2. The van der Waals surface area contributed by atoms with Crippen LogP contribution in [0.5, 0.6) is 0 Å². The third-order valence-corrected chi connectivity index (χ3v) is 3.25. The van der Waals surface area contributed by atoms with Gasteiger partial charge in [-0.3, -0.25) is 10.00 Å². The molecule has 2 amide bonds. The molecule has 0 saturated carbocycles. The molecule has 1 aliphatic heterocycles. The molecule has 0 radical (unpaired) electrons. The highest BCUT2D eigenvalue weighted by molar-refractivity contribution is 5.88. The minimum Gasteiger partial charge on any atom is -0.384 e. The van der Waals surface area contributed by atoms with Gasteiger partial charge in [0.25, 0.3) is 0 Å². The molecule has 1 aliphatic rings. The zero-order chi connectivity index (χ0) is 14.4. The Balaban J connectivity index is 1.79. The second kappa shape index (κ2) is 7.25. The first-order valence-corrected chi connectivity index (χ1v) is 6.87. The van der Waals surface area contributed by atoms with E-state index in [0.717, 1.165) is 31.6 Å². The average molecular weight is 282 g/mol. The summed E-state index contributed by atoms with van der Waals surface area (Å²) in [5.74, 6) is 0.668. The number of anilines is 1. The SMILES string of the molecule is COCCc1cc(NC(=O)NC[C@H]2CCCO2)n(C)n1. The number of hydrogen-bond donors (Lipinski definition) is 2. The lowest BCUT2D eigenvalue weighted by atomic mass is 10.2. The Morgan fingerprint density at radius 1 is 1.65 bits per heavy atom. The quantitative estimate of drug-likeness (QED) is 0.813. The van der Waals surface area contributed by atoms with Crippen LogP contribution in [0.15, 0.2) is 6.07 Å². The van der Waals surface area contributed by atoms with E-state index in [0.29, 0.717) is 19.0 Å². The van der Waals surface area contributed by atoms with Gasteiger partial charge in [-0.15, -0.1) is 0 Å². The number of aryl methyl sites for hydroxylation is 1.